The minimum Gasteiger partial charge on any atom is -0.356 e. The zero-order chi connectivity index (χ0) is 24.2. The molecule has 0 bridgehead atoms. The molecule has 3 aromatic rings. The molecule has 0 saturated heterocycles. The average Bonchev–Trinajstić information content (AvgIpc) is 3.24. The molecule has 12 heteroatoms. The number of nitrogens with one attached hydrogen (secondary N) is 1. The predicted molar refractivity (Wildman–Crippen MR) is 127 cm³/mol. The molecule has 2 aromatic carbocycles. The Bertz CT molecular complexity index is 1170. The third-order valence-electron chi connectivity index (χ3n) is 4.35. The van der Waals surface area contributed by atoms with E-state index in [1.165, 1.54) is 26.0 Å². The molecular weight excluding hydrogens is 517 g/mol. The first-order valence-electron chi connectivity index (χ1n) is 9.73. The molecule has 0 aliphatic rings. The summed E-state index contributed by atoms with van der Waals surface area (Å²) in [6, 6.07) is 12.9. The van der Waals surface area contributed by atoms with Gasteiger partial charge in [0, 0.05) is 22.9 Å². The summed E-state index contributed by atoms with van der Waals surface area (Å²) in [6.45, 7) is 2.62. The van der Waals surface area contributed by atoms with Gasteiger partial charge in [-0.1, -0.05) is 58.2 Å². The highest BCUT2D eigenvalue weighted by atomic mass is 35.5. The highest BCUT2D eigenvalue weighted by molar-refractivity contribution is 7.58. The van der Waals surface area contributed by atoms with Crippen molar-refractivity contribution in [2.24, 2.45) is 0 Å². The van der Waals surface area contributed by atoms with Gasteiger partial charge < -0.3 is 18.9 Å². The molecule has 1 amide bonds. The summed E-state index contributed by atoms with van der Waals surface area (Å²) in [5.41, 5.74) is 1.58. The molecule has 1 aromatic heterocycles. The second-order valence-corrected chi connectivity index (χ2v) is 10.3. The third kappa shape index (κ3) is 5.43. The Labute approximate surface area is 204 Å². The van der Waals surface area contributed by atoms with Crippen molar-refractivity contribution in [1.29, 1.82) is 0 Å². The lowest BCUT2D eigenvalue weighted by Crippen LogP contribution is -2.35. The quantitative estimate of drug-likeness (QED) is 0.227. The summed E-state index contributed by atoms with van der Waals surface area (Å²) < 4.78 is 42.9. The lowest BCUT2D eigenvalue weighted by atomic mass is 10.1. The maximum absolute atomic E-state index is 15.1. The van der Waals surface area contributed by atoms with Gasteiger partial charge in [-0.15, -0.1) is 0 Å². The Morgan fingerprint density at radius 1 is 1.12 bits per heavy atom. The Balaban J connectivity index is 1.86. The first kappa shape index (κ1) is 25.7. The van der Waals surface area contributed by atoms with Gasteiger partial charge in [0.05, 0.1) is 23.3 Å². The molecule has 1 N–H and O–H groups in total. The van der Waals surface area contributed by atoms with Gasteiger partial charge >= 0.3 is 12.5 Å². The smallest absolute Gasteiger partial charge is 0.356 e. The Morgan fingerprint density at radius 3 is 2.33 bits per heavy atom. The number of benzene rings is 2. The Hall–Kier alpha value is -1.93. The number of halogens is 4. The molecule has 0 fully saturated rings. The molecule has 0 saturated carbocycles. The lowest BCUT2D eigenvalue weighted by molar-refractivity contribution is -0.120. The monoisotopic (exact) mass is 534 g/mol. The number of aromatic nitrogens is 1. The number of hydrogen-bond donors (Lipinski definition) is 1. The van der Waals surface area contributed by atoms with Gasteiger partial charge in [0.15, 0.2) is 5.76 Å². The van der Waals surface area contributed by atoms with Crippen molar-refractivity contribution in [3.63, 3.8) is 0 Å². The molecule has 176 valence electrons. The van der Waals surface area contributed by atoms with Gasteiger partial charge in [0.25, 0.3) is 5.91 Å². The van der Waals surface area contributed by atoms with Crippen LogP contribution in [0.25, 0.3) is 22.6 Å². The predicted octanol–water partition coefficient (Wildman–Crippen LogP) is 7.38. The van der Waals surface area contributed by atoms with Crippen molar-refractivity contribution in [1.82, 2.24) is 5.16 Å². The molecular formula is C21H19Cl3FN2O5P. The van der Waals surface area contributed by atoms with E-state index in [0.29, 0.717) is 32.6 Å². The summed E-state index contributed by atoms with van der Waals surface area (Å²) >= 11 is 18.2. The molecule has 0 aliphatic heterocycles. The molecule has 1 unspecified atom stereocenters. The van der Waals surface area contributed by atoms with Crippen molar-refractivity contribution in [3.05, 3.63) is 58.6 Å². The average molecular weight is 536 g/mol. The van der Waals surface area contributed by atoms with Crippen LogP contribution in [0.15, 0.2) is 53.1 Å². The third-order valence-corrected chi connectivity index (χ3v) is 7.86. The van der Waals surface area contributed by atoms with E-state index in [0.717, 1.165) is 0 Å². The molecule has 1 atom stereocenters. The van der Waals surface area contributed by atoms with Crippen LogP contribution in [-0.2, 0) is 18.4 Å². The maximum atomic E-state index is 15.1. The SMILES string of the molecule is CCOP(=O)(OCC)C(F)(Cl)C(=O)Nc1cccc(-c2cc(-c3c(Cl)cccc3Cl)no2)c1. The van der Waals surface area contributed by atoms with Crippen LogP contribution in [0.3, 0.4) is 0 Å². The van der Waals surface area contributed by atoms with Crippen LogP contribution in [0.2, 0.25) is 10.0 Å². The number of amides is 1. The fraction of sp³-hybridized carbons (Fsp3) is 0.238. The second kappa shape index (κ2) is 10.6. The minimum absolute atomic E-state index is 0.161. The number of nitrogens with zero attached hydrogens (tertiary/aromatic N) is 1. The number of hydrogen-bond acceptors (Lipinski definition) is 6. The standard InChI is InChI=1S/C21H19Cl3FN2O5P/c1-3-30-33(29,31-4-2)21(24,25)20(28)26-14-8-5-7-13(11-14)18-12-17(27-32-18)19-15(22)9-6-10-16(19)23/h5-12H,3-4H2,1-2H3,(H,26,28). The van der Waals surface area contributed by atoms with Crippen LogP contribution in [-0.4, -0.2) is 29.1 Å². The van der Waals surface area contributed by atoms with E-state index in [2.05, 4.69) is 10.5 Å². The van der Waals surface area contributed by atoms with E-state index < -0.39 is 18.4 Å². The summed E-state index contributed by atoms with van der Waals surface area (Å²) in [7, 11) is -4.59. The van der Waals surface area contributed by atoms with Gasteiger partial charge in [0.1, 0.15) is 5.69 Å². The van der Waals surface area contributed by atoms with Crippen molar-refractivity contribution in [3.8, 4) is 22.6 Å². The van der Waals surface area contributed by atoms with Crippen molar-refractivity contribution < 1.29 is 27.3 Å². The molecule has 0 aliphatic carbocycles. The normalized spacial score (nSPS) is 13.5. The number of anilines is 1. The van der Waals surface area contributed by atoms with E-state index in [-0.39, 0.29) is 18.9 Å². The minimum atomic E-state index is -4.59. The largest absolute Gasteiger partial charge is 0.392 e. The van der Waals surface area contributed by atoms with E-state index in [1.54, 1.807) is 36.4 Å². The molecule has 0 radical (unpaired) electrons. The van der Waals surface area contributed by atoms with E-state index >= 15 is 4.39 Å². The van der Waals surface area contributed by atoms with Gasteiger partial charge in [-0.25, -0.2) is 4.39 Å². The van der Waals surface area contributed by atoms with Crippen LogP contribution in [0.1, 0.15) is 13.8 Å². The second-order valence-electron chi connectivity index (χ2n) is 6.58. The van der Waals surface area contributed by atoms with Crippen LogP contribution < -0.4 is 5.32 Å². The van der Waals surface area contributed by atoms with Gasteiger partial charge in [-0.2, -0.15) is 0 Å². The van der Waals surface area contributed by atoms with Crippen molar-refractivity contribution in [2.75, 3.05) is 18.5 Å². The fourth-order valence-electron chi connectivity index (χ4n) is 2.89. The number of rotatable bonds is 9. The van der Waals surface area contributed by atoms with Crippen LogP contribution in [0.4, 0.5) is 10.1 Å². The number of alkyl halides is 2. The highest BCUT2D eigenvalue weighted by Gasteiger charge is 2.57. The summed E-state index contributed by atoms with van der Waals surface area (Å²) in [5.74, 6) is -1.06. The van der Waals surface area contributed by atoms with Crippen molar-refractivity contribution in [2.45, 2.75) is 18.7 Å². The fourth-order valence-corrected chi connectivity index (χ4v) is 5.21. The van der Waals surface area contributed by atoms with Gasteiger partial charge in [0.2, 0.25) is 0 Å². The Kier molecular flexibility index (Phi) is 8.22. The van der Waals surface area contributed by atoms with Crippen LogP contribution in [0.5, 0.6) is 0 Å². The molecule has 0 spiro atoms. The topological polar surface area (TPSA) is 90.7 Å². The van der Waals surface area contributed by atoms with Crippen molar-refractivity contribution >= 4 is 54.0 Å². The summed E-state index contributed by atoms with van der Waals surface area (Å²) in [4.78, 5) is 9.09. The first-order valence-corrected chi connectivity index (χ1v) is 12.4. The van der Waals surface area contributed by atoms with E-state index in [9.17, 15) is 9.36 Å². The molecule has 33 heavy (non-hydrogen) atoms. The zero-order valence-electron chi connectivity index (χ0n) is 17.5. The maximum Gasteiger partial charge on any atom is 0.392 e. The van der Waals surface area contributed by atoms with Gasteiger partial charge in [-0.05, 0) is 38.1 Å². The highest BCUT2D eigenvalue weighted by Crippen LogP contribution is 2.63. The summed E-state index contributed by atoms with van der Waals surface area (Å²) in [5, 5.41) is 7.10. The Morgan fingerprint density at radius 2 is 1.73 bits per heavy atom. The lowest BCUT2D eigenvalue weighted by Gasteiger charge is -2.26. The zero-order valence-corrected chi connectivity index (χ0v) is 20.6. The van der Waals surface area contributed by atoms with Crippen LogP contribution in [0, 0.1) is 0 Å². The van der Waals surface area contributed by atoms with Crippen LogP contribution >= 0.6 is 42.4 Å². The molecule has 3 rings (SSSR count). The number of carbonyl (C=O) groups excluding carboxylic acids is 1. The first-order chi connectivity index (χ1) is 15.6. The number of carbonyl (C=O) groups is 1. The molecule has 1 heterocycles. The molecule has 7 nitrogen and oxygen atoms in total. The van der Waals surface area contributed by atoms with E-state index in [4.69, 9.17) is 48.4 Å². The summed E-state index contributed by atoms with van der Waals surface area (Å²) in [6.07, 6.45) is 0. The van der Waals surface area contributed by atoms with E-state index in [1.807, 2.05) is 0 Å². The van der Waals surface area contributed by atoms with Gasteiger partial charge in [-0.3, -0.25) is 9.36 Å².